The number of aliphatic carboxylic acids is 1. The molecule has 6 heteroatoms. The monoisotopic (exact) mass is 266 g/mol. The van der Waals surface area contributed by atoms with E-state index in [1.165, 1.54) is 17.1 Å². The summed E-state index contributed by atoms with van der Waals surface area (Å²) in [6.45, 7) is 5.31. The van der Waals surface area contributed by atoms with Gasteiger partial charge < -0.3 is 9.84 Å². The highest BCUT2D eigenvalue weighted by Gasteiger charge is 2.48. The van der Waals surface area contributed by atoms with Gasteiger partial charge in [-0.1, -0.05) is 6.42 Å². The lowest BCUT2D eigenvalue weighted by molar-refractivity contribution is -0.147. The molecule has 0 aliphatic heterocycles. The molecule has 0 unspecified atom stereocenters. The Morgan fingerprint density at radius 2 is 2.05 bits per heavy atom. The molecule has 1 aromatic rings. The summed E-state index contributed by atoms with van der Waals surface area (Å²) in [7, 11) is 0. The minimum Gasteiger partial charge on any atom is -0.481 e. The topological polar surface area (TPSA) is 81.4 Å². The molecule has 1 aliphatic carbocycles. The molecule has 1 heterocycles. The van der Waals surface area contributed by atoms with E-state index in [0.29, 0.717) is 18.5 Å². The van der Waals surface area contributed by atoms with E-state index >= 15 is 0 Å². The Balaban J connectivity index is 2.20. The molecule has 19 heavy (non-hydrogen) atoms. The maximum Gasteiger partial charge on any atom is 0.419 e. The van der Waals surface area contributed by atoms with Crippen molar-refractivity contribution in [1.29, 1.82) is 0 Å². The van der Waals surface area contributed by atoms with Gasteiger partial charge in [0.1, 0.15) is 17.3 Å². The first kappa shape index (κ1) is 13.6. The van der Waals surface area contributed by atoms with Crippen molar-refractivity contribution in [3.05, 3.63) is 18.2 Å². The second-order valence-electron chi connectivity index (χ2n) is 5.89. The lowest BCUT2D eigenvalue weighted by Gasteiger charge is -2.35. The van der Waals surface area contributed by atoms with Crippen LogP contribution in [0.25, 0.3) is 0 Å². The number of carbonyl (C=O) groups excluding carboxylic acids is 1. The zero-order valence-electron chi connectivity index (χ0n) is 11.3. The maximum absolute atomic E-state index is 11.8. The van der Waals surface area contributed by atoms with Crippen molar-refractivity contribution in [2.24, 2.45) is 0 Å². The molecule has 1 saturated carbocycles. The summed E-state index contributed by atoms with van der Waals surface area (Å²) in [5, 5.41) is 9.31. The van der Waals surface area contributed by atoms with Crippen molar-refractivity contribution >= 4 is 12.1 Å². The summed E-state index contributed by atoms with van der Waals surface area (Å²) in [5.41, 5.74) is -1.09. The summed E-state index contributed by atoms with van der Waals surface area (Å²) in [5.74, 6) is -0.881. The zero-order valence-corrected chi connectivity index (χ0v) is 11.3. The van der Waals surface area contributed by atoms with Gasteiger partial charge in [-0.2, -0.15) is 0 Å². The van der Waals surface area contributed by atoms with Crippen molar-refractivity contribution in [2.45, 2.75) is 51.0 Å². The van der Waals surface area contributed by atoms with Crippen LogP contribution in [0.2, 0.25) is 0 Å². The third kappa shape index (κ3) is 2.47. The molecular formula is C13H18N2O4. The first-order chi connectivity index (χ1) is 8.74. The Morgan fingerprint density at radius 3 is 2.47 bits per heavy atom. The summed E-state index contributed by atoms with van der Waals surface area (Å²) in [6, 6.07) is 0. The van der Waals surface area contributed by atoms with E-state index in [2.05, 4.69) is 4.98 Å². The molecule has 1 fully saturated rings. The van der Waals surface area contributed by atoms with Gasteiger partial charge in [0.05, 0.1) is 5.69 Å². The molecule has 0 saturated heterocycles. The Hall–Kier alpha value is -1.85. The Morgan fingerprint density at radius 1 is 1.42 bits per heavy atom. The Kier molecular flexibility index (Phi) is 3.12. The number of carboxylic acids is 1. The SMILES string of the molecule is CC(C)(C)OC(=O)n1cnc(C2(C(=O)O)CCC2)c1. The van der Waals surface area contributed by atoms with Crippen LogP contribution in [0.1, 0.15) is 45.7 Å². The lowest BCUT2D eigenvalue weighted by Crippen LogP contribution is -2.42. The van der Waals surface area contributed by atoms with E-state index in [1.54, 1.807) is 20.8 Å². The fourth-order valence-corrected chi connectivity index (χ4v) is 2.09. The van der Waals surface area contributed by atoms with E-state index in [-0.39, 0.29) is 0 Å². The standard InChI is InChI=1S/C13H18N2O4/c1-12(2,3)19-11(18)15-7-9(14-8-15)13(10(16)17)5-4-6-13/h7-8H,4-6H2,1-3H3,(H,16,17). The Labute approximate surface area is 111 Å². The molecule has 0 spiro atoms. The van der Waals surface area contributed by atoms with Crippen molar-refractivity contribution in [2.75, 3.05) is 0 Å². The molecule has 0 atom stereocenters. The van der Waals surface area contributed by atoms with Crippen LogP contribution >= 0.6 is 0 Å². The highest BCUT2D eigenvalue weighted by molar-refractivity contribution is 5.82. The summed E-state index contributed by atoms with van der Waals surface area (Å²) >= 11 is 0. The van der Waals surface area contributed by atoms with E-state index < -0.39 is 23.1 Å². The molecule has 0 amide bonds. The van der Waals surface area contributed by atoms with Crippen molar-refractivity contribution in [3.8, 4) is 0 Å². The first-order valence-electron chi connectivity index (χ1n) is 6.26. The molecule has 104 valence electrons. The van der Waals surface area contributed by atoms with Gasteiger partial charge in [0.2, 0.25) is 0 Å². The molecule has 0 aromatic carbocycles. The average molecular weight is 266 g/mol. The highest BCUT2D eigenvalue weighted by Crippen LogP contribution is 2.43. The van der Waals surface area contributed by atoms with Gasteiger partial charge in [-0.25, -0.2) is 14.3 Å². The van der Waals surface area contributed by atoms with Gasteiger partial charge in [-0.15, -0.1) is 0 Å². The molecule has 1 N–H and O–H groups in total. The number of imidazole rings is 1. The number of nitrogens with zero attached hydrogens (tertiary/aromatic N) is 2. The van der Waals surface area contributed by atoms with E-state index in [9.17, 15) is 14.7 Å². The summed E-state index contributed by atoms with van der Waals surface area (Å²) in [6.07, 6.45) is 4.21. The second-order valence-corrected chi connectivity index (χ2v) is 5.89. The van der Waals surface area contributed by atoms with Gasteiger partial charge in [0, 0.05) is 6.20 Å². The zero-order chi connectivity index (χ0) is 14.3. The smallest absolute Gasteiger partial charge is 0.419 e. The maximum atomic E-state index is 11.8. The van der Waals surface area contributed by atoms with Crippen LogP contribution in [-0.4, -0.2) is 32.3 Å². The van der Waals surface area contributed by atoms with Crippen LogP contribution in [0, 0.1) is 0 Å². The quantitative estimate of drug-likeness (QED) is 0.887. The minimum absolute atomic E-state index is 0.428. The van der Waals surface area contributed by atoms with E-state index in [0.717, 1.165) is 6.42 Å². The number of aromatic nitrogens is 2. The third-order valence-electron chi connectivity index (χ3n) is 3.29. The minimum atomic E-state index is -0.923. The number of carboxylic acid groups (broad SMARTS) is 1. The normalized spacial score (nSPS) is 17.6. The van der Waals surface area contributed by atoms with Crippen LogP contribution in [0.3, 0.4) is 0 Å². The number of carbonyl (C=O) groups is 2. The van der Waals surface area contributed by atoms with Gasteiger partial charge in [0.15, 0.2) is 0 Å². The van der Waals surface area contributed by atoms with Crippen LogP contribution < -0.4 is 0 Å². The largest absolute Gasteiger partial charge is 0.481 e. The number of hydrogen-bond acceptors (Lipinski definition) is 4. The van der Waals surface area contributed by atoms with Crippen molar-refractivity contribution < 1.29 is 19.4 Å². The van der Waals surface area contributed by atoms with Crippen LogP contribution in [-0.2, 0) is 14.9 Å². The predicted molar refractivity (Wildman–Crippen MR) is 67.0 cm³/mol. The molecule has 1 aliphatic rings. The number of rotatable bonds is 2. The second kappa shape index (κ2) is 4.36. The number of hydrogen-bond donors (Lipinski definition) is 1. The predicted octanol–water partition coefficient (Wildman–Crippen LogP) is 2.17. The van der Waals surface area contributed by atoms with Crippen LogP contribution in [0.15, 0.2) is 12.5 Å². The average Bonchev–Trinajstić information content (AvgIpc) is 2.61. The van der Waals surface area contributed by atoms with Crippen molar-refractivity contribution in [1.82, 2.24) is 9.55 Å². The molecule has 0 bridgehead atoms. The molecule has 0 radical (unpaired) electrons. The molecule has 1 aromatic heterocycles. The summed E-state index contributed by atoms with van der Waals surface area (Å²) in [4.78, 5) is 27.2. The van der Waals surface area contributed by atoms with Gasteiger partial charge in [0.25, 0.3) is 0 Å². The van der Waals surface area contributed by atoms with Crippen molar-refractivity contribution in [3.63, 3.8) is 0 Å². The van der Waals surface area contributed by atoms with Gasteiger partial charge in [-0.05, 0) is 33.6 Å². The highest BCUT2D eigenvalue weighted by atomic mass is 16.6. The van der Waals surface area contributed by atoms with Gasteiger partial charge >= 0.3 is 12.1 Å². The molecule has 6 nitrogen and oxygen atoms in total. The van der Waals surface area contributed by atoms with E-state index in [1.807, 2.05) is 0 Å². The van der Waals surface area contributed by atoms with Gasteiger partial charge in [-0.3, -0.25) is 4.79 Å². The van der Waals surface area contributed by atoms with E-state index in [4.69, 9.17) is 4.74 Å². The Bertz CT molecular complexity index is 509. The lowest BCUT2D eigenvalue weighted by atomic mass is 9.67. The molecular weight excluding hydrogens is 248 g/mol. The molecule has 2 rings (SSSR count). The van der Waals surface area contributed by atoms with Crippen LogP contribution in [0.4, 0.5) is 4.79 Å². The van der Waals surface area contributed by atoms with Crippen LogP contribution in [0.5, 0.6) is 0 Å². The fourth-order valence-electron chi connectivity index (χ4n) is 2.09. The number of ether oxygens (including phenoxy) is 1. The summed E-state index contributed by atoms with van der Waals surface area (Å²) < 4.78 is 6.40. The third-order valence-corrected chi connectivity index (χ3v) is 3.29. The fraction of sp³-hybridized carbons (Fsp3) is 0.615. The first-order valence-corrected chi connectivity index (χ1v) is 6.26.